The van der Waals surface area contributed by atoms with Crippen LogP contribution in [0.1, 0.15) is 21.7 Å². The number of aromatic nitrogens is 3. The van der Waals surface area contributed by atoms with Gasteiger partial charge < -0.3 is 9.52 Å². The van der Waals surface area contributed by atoms with Crippen LogP contribution < -0.4 is 0 Å². The summed E-state index contributed by atoms with van der Waals surface area (Å²) < 4.78 is 5.55. The summed E-state index contributed by atoms with van der Waals surface area (Å²) in [5.74, 6) is -1.000. The number of aromatic carboxylic acids is 1. The third kappa shape index (κ3) is 2.87. The molecule has 0 spiro atoms. The van der Waals surface area contributed by atoms with Gasteiger partial charge in [0.25, 0.3) is 5.22 Å². The van der Waals surface area contributed by atoms with Crippen LogP contribution in [-0.2, 0) is 0 Å². The number of rotatable bonds is 3. The highest BCUT2D eigenvalue weighted by atomic mass is 32.2. The van der Waals surface area contributed by atoms with Crippen molar-refractivity contribution in [3.63, 3.8) is 0 Å². The van der Waals surface area contributed by atoms with E-state index in [1.54, 1.807) is 6.07 Å². The highest BCUT2D eigenvalue weighted by molar-refractivity contribution is 7.98. The van der Waals surface area contributed by atoms with E-state index in [0.717, 1.165) is 11.4 Å². The van der Waals surface area contributed by atoms with Gasteiger partial charge in [-0.05, 0) is 38.1 Å². The van der Waals surface area contributed by atoms with Crippen LogP contribution in [-0.4, -0.2) is 26.0 Å². The molecule has 7 heteroatoms. The summed E-state index contributed by atoms with van der Waals surface area (Å²) in [4.78, 5) is 23.8. The Kier molecular flexibility index (Phi) is 3.34. The van der Waals surface area contributed by atoms with Crippen LogP contribution in [0.25, 0.3) is 11.1 Å². The fourth-order valence-corrected chi connectivity index (χ4v) is 2.71. The molecular formula is C14H11N3O3S. The number of fused-ring (bicyclic) bond motifs is 1. The maximum Gasteiger partial charge on any atom is 0.335 e. The van der Waals surface area contributed by atoms with E-state index in [1.807, 2.05) is 19.9 Å². The number of hydrogen-bond acceptors (Lipinski definition) is 6. The van der Waals surface area contributed by atoms with E-state index in [4.69, 9.17) is 9.52 Å². The third-order valence-electron chi connectivity index (χ3n) is 2.76. The molecule has 0 unspecified atom stereocenters. The number of oxazole rings is 1. The van der Waals surface area contributed by atoms with Gasteiger partial charge in [0.2, 0.25) is 0 Å². The summed E-state index contributed by atoms with van der Waals surface area (Å²) in [6.45, 7) is 3.79. The second-order valence-corrected chi connectivity index (χ2v) is 5.42. The molecule has 2 aromatic heterocycles. The highest BCUT2D eigenvalue weighted by Crippen LogP contribution is 2.28. The lowest BCUT2D eigenvalue weighted by atomic mass is 10.2. The van der Waals surface area contributed by atoms with Gasteiger partial charge >= 0.3 is 5.97 Å². The van der Waals surface area contributed by atoms with Crippen molar-refractivity contribution in [1.82, 2.24) is 15.0 Å². The maximum atomic E-state index is 10.9. The average molecular weight is 301 g/mol. The molecule has 0 saturated heterocycles. The Morgan fingerprint density at radius 2 is 1.86 bits per heavy atom. The molecule has 0 aliphatic carbocycles. The highest BCUT2D eigenvalue weighted by Gasteiger charge is 2.12. The summed E-state index contributed by atoms with van der Waals surface area (Å²) in [5, 5.41) is 9.90. The fourth-order valence-electron chi connectivity index (χ4n) is 1.90. The Morgan fingerprint density at radius 1 is 1.14 bits per heavy atom. The van der Waals surface area contributed by atoms with Gasteiger partial charge in [0.15, 0.2) is 10.7 Å². The van der Waals surface area contributed by atoms with Crippen molar-refractivity contribution in [2.45, 2.75) is 24.2 Å². The lowest BCUT2D eigenvalue weighted by Gasteiger charge is -1.99. The summed E-state index contributed by atoms with van der Waals surface area (Å²) in [6, 6.07) is 6.45. The van der Waals surface area contributed by atoms with Gasteiger partial charge in [-0.25, -0.2) is 19.7 Å². The lowest BCUT2D eigenvalue weighted by Crippen LogP contribution is -1.94. The van der Waals surface area contributed by atoms with Gasteiger partial charge in [-0.15, -0.1) is 0 Å². The van der Waals surface area contributed by atoms with Crippen LogP contribution in [0.15, 0.2) is 39.1 Å². The van der Waals surface area contributed by atoms with Crippen LogP contribution in [0, 0.1) is 13.8 Å². The second kappa shape index (κ2) is 5.17. The molecule has 1 N–H and O–H groups in total. The molecule has 21 heavy (non-hydrogen) atoms. The predicted molar refractivity (Wildman–Crippen MR) is 76.6 cm³/mol. The normalized spacial score (nSPS) is 11.0. The van der Waals surface area contributed by atoms with Crippen LogP contribution in [0.2, 0.25) is 0 Å². The molecule has 2 heterocycles. The zero-order valence-corrected chi connectivity index (χ0v) is 12.1. The molecule has 0 saturated carbocycles. The fraction of sp³-hybridized carbons (Fsp3) is 0.143. The van der Waals surface area contributed by atoms with Gasteiger partial charge in [0, 0.05) is 23.1 Å². The van der Waals surface area contributed by atoms with Crippen molar-refractivity contribution in [2.75, 3.05) is 0 Å². The van der Waals surface area contributed by atoms with Gasteiger partial charge in [-0.3, -0.25) is 0 Å². The standard InChI is InChI=1S/C14H11N3O3S/c1-7-5-8(2)16-13(15-7)21-14-17-10-4-3-9(12(18)19)6-11(10)20-14/h3-6H,1-2H3,(H,18,19). The van der Waals surface area contributed by atoms with Crippen LogP contribution >= 0.6 is 11.8 Å². The predicted octanol–water partition coefficient (Wildman–Crippen LogP) is 3.08. The van der Waals surface area contributed by atoms with E-state index in [-0.39, 0.29) is 5.56 Å². The Balaban J connectivity index is 1.95. The SMILES string of the molecule is Cc1cc(C)nc(Sc2nc3ccc(C(=O)O)cc3o2)n1. The number of carbonyl (C=O) groups is 1. The minimum atomic E-state index is -1.000. The van der Waals surface area contributed by atoms with E-state index in [0.29, 0.717) is 21.5 Å². The van der Waals surface area contributed by atoms with E-state index in [9.17, 15) is 4.79 Å². The van der Waals surface area contributed by atoms with E-state index in [2.05, 4.69) is 15.0 Å². The molecule has 6 nitrogen and oxygen atoms in total. The van der Waals surface area contributed by atoms with Crippen molar-refractivity contribution in [3.05, 3.63) is 41.2 Å². The van der Waals surface area contributed by atoms with Crippen molar-refractivity contribution in [3.8, 4) is 0 Å². The molecule has 106 valence electrons. The zero-order chi connectivity index (χ0) is 15.0. The first-order valence-corrected chi connectivity index (χ1v) is 6.97. The first-order chi connectivity index (χ1) is 10.0. The quantitative estimate of drug-likeness (QED) is 0.743. The Morgan fingerprint density at radius 3 is 2.52 bits per heavy atom. The summed E-state index contributed by atoms with van der Waals surface area (Å²) >= 11 is 1.21. The van der Waals surface area contributed by atoms with Crippen molar-refractivity contribution in [2.24, 2.45) is 0 Å². The van der Waals surface area contributed by atoms with Gasteiger partial charge in [-0.2, -0.15) is 0 Å². The molecule has 0 aliphatic heterocycles. The number of nitrogens with zero attached hydrogens (tertiary/aromatic N) is 3. The molecule has 0 atom stereocenters. The Labute approximate surface area is 124 Å². The van der Waals surface area contributed by atoms with E-state index in [1.165, 1.54) is 23.9 Å². The molecule has 0 radical (unpaired) electrons. The van der Waals surface area contributed by atoms with Crippen LogP contribution in [0.5, 0.6) is 0 Å². The third-order valence-corrected chi connectivity index (χ3v) is 3.47. The van der Waals surface area contributed by atoms with Crippen molar-refractivity contribution >= 4 is 28.8 Å². The number of hydrogen-bond donors (Lipinski definition) is 1. The topological polar surface area (TPSA) is 89.1 Å². The van der Waals surface area contributed by atoms with Gasteiger partial charge in [-0.1, -0.05) is 0 Å². The largest absolute Gasteiger partial charge is 0.478 e. The summed E-state index contributed by atoms with van der Waals surface area (Å²) in [7, 11) is 0. The molecule has 0 aliphatic rings. The number of benzene rings is 1. The molecule has 3 aromatic rings. The first kappa shape index (κ1) is 13.6. The summed E-state index contributed by atoms with van der Waals surface area (Å²) in [5.41, 5.74) is 2.94. The van der Waals surface area contributed by atoms with Gasteiger partial charge in [0.05, 0.1) is 5.56 Å². The first-order valence-electron chi connectivity index (χ1n) is 6.15. The molecule has 0 bridgehead atoms. The monoisotopic (exact) mass is 301 g/mol. The lowest BCUT2D eigenvalue weighted by molar-refractivity contribution is 0.0697. The number of carboxylic acids is 1. The smallest absolute Gasteiger partial charge is 0.335 e. The van der Waals surface area contributed by atoms with Crippen LogP contribution in [0.4, 0.5) is 0 Å². The van der Waals surface area contributed by atoms with Crippen molar-refractivity contribution < 1.29 is 14.3 Å². The van der Waals surface area contributed by atoms with Crippen LogP contribution in [0.3, 0.4) is 0 Å². The molecule has 1 aromatic carbocycles. The van der Waals surface area contributed by atoms with Gasteiger partial charge in [0.1, 0.15) is 5.52 Å². The minimum Gasteiger partial charge on any atom is -0.478 e. The molecule has 0 fully saturated rings. The molecular weight excluding hydrogens is 290 g/mol. The van der Waals surface area contributed by atoms with E-state index >= 15 is 0 Å². The minimum absolute atomic E-state index is 0.165. The average Bonchev–Trinajstić information content (AvgIpc) is 2.78. The maximum absolute atomic E-state index is 10.9. The number of aryl methyl sites for hydroxylation is 2. The summed E-state index contributed by atoms with van der Waals surface area (Å²) in [6.07, 6.45) is 0. The number of carboxylic acid groups (broad SMARTS) is 1. The Bertz CT molecular complexity index is 824. The zero-order valence-electron chi connectivity index (χ0n) is 11.3. The molecule has 0 amide bonds. The van der Waals surface area contributed by atoms with E-state index < -0.39 is 5.97 Å². The Hall–Kier alpha value is -2.41. The van der Waals surface area contributed by atoms with Crippen molar-refractivity contribution in [1.29, 1.82) is 0 Å². The second-order valence-electron chi connectivity index (χ2n) is 4.50. The molecule has 3 rings (SSSR count).